The average Bonchev–Trinajstić information content (AvgIpc) is 2.09. The van der Waals surface area contributed by atoms with Gasteiger partial charge < -0.3 is 4.90 Å². The van der Waals surface area contributed by atoms with Gasteiger partial charge in [0, 0.05) is 12.0 Å². The molecule has 0 aromatic carbocycles. The lowest BCUT2D eigenvalue weighted by molar-refractivity contribution is -0.138. The Balaban J connectivity index is 4.53. The molecule has 78 valence electrons. The van der Waals surface area contributed by atoms with Gasteiger partial charge in [0.05, 0.1) is 6.54 Å². The van der Waals surface area contributed by atoms with Gasteiger partial charge in [-0.2, -0.15) is 0 Å². The summed E-state index contributed by atoms with van der Waals surface area (Å²) in [6.07, 6.45) is 1.72. The molecule has 0 bridgehead atoms. The standard InChI is InChI=1S/C12H19NO/c1-6-8-10-13(9-7-2)11(14)12(3,4)5/h7H,2,9-10H2,1,3-5H3. The SMILES string of the molecule is C=CCN(CC#CC)C(=O)C(C)(C)C. The van der Waals surface area contributed by atoms with Crippen molar-refractivity contribution in [2.24, 2.45) is 5.41 Å². The van der Waals surface area contributed by atoms with E-state index in [0.717, 1.165) is 0 Å². The minimum Gasteiger partial charge on any atom is -0.327 e. The van der Waals surface area contributed by atoms with Gasteiger partial charge in [-0.25, -0.2) is 0 Å². The van der Waals surface area contributed by atoms with Crippen LogP contribution in [0.2, 0.25) is 0 Å². The van der Waals surface area contributed by atoms with Gasteiger partial charge in [0.1, 0.15) is 0 Å². The molecular formula is C12H19NO. The highest BCUT2D eigenvalue weighted by Gasteiger charge is 2.25. The van der Waals surface area contributed by atoms with Gasteiger partial charge in [-0.1, -0.05) is 32.8 Å². The summed E-state index contributed by atoms with van der Waals surface area (Å²) in [7, 11) is 0. The molecule has 0 fully saturated rings. The Morgan fingerprint density at radius 2 is 2.07 bits per heavy atom. The van der Waals surface area contributed by atoms with Gasteiger partial charge in [-0.15, -0.1) is 12.5 Å². The molecular weight excluding hydrogens is 174 g/mol. The lowest BCUT2D eigenvalue weighted by Crippen LogP contribution is -2.39. The second-order valence-corrected chi connectivity index (χ2v) is 4.15. The van der Waals surface area contributed by atoms with Crippen LogP contribution in [0.25, 0.3) is 0 Å². The highest BCUT2D eigenvalue weighted by atomic mass is 16.2. The average molecular weight is 193 g/mol. The van der Waals surface area contributed by atoms with Crippen LogP contribution in [0.15, 0.2) is 12.7 Å². The maximum Gasteiger partial charge on any atom is 0.229 e. The maximum absolute atomic E-state index is 11.9. The van der Waals surface area contributed by atoms with Crippen LogP contribution in [0.3, 0.4) is 0 Å². The fourth-order valence-corrected chi connectivity index (χ4v) is 1.02. The van der Waals surface area contributed by atoms with Gasteiger partial charge in [0.2, 0.25) is 5.91 Å². The molecule has 0 unspecified atom stereocenters. The molecule has 1 amide bonds. The van der Waals surface area contributed by atoms with Crippen LogP contribution in [0.5, 0.6) is 0 Å². The van der Waals surface area contributed by atoms with Crippen molar-refractivity contribution >= 4 is 5.91 Å². The van der Waals surface area contributed by atoms with Crippen molar-refractivity contribution in [3.05, 3.63) is 12.7 Å². The van der Waals surface area contributed by atoms with E-state index in [1.165, 1.54) is 0 Å². The van der Waals surface area contributed by atoms with Gasteiger partial charge in [-0.05, 0) is 6.92 Å². The molecule has 0 saturated heterocycles. The third-order valence-corrected chi connectivity index (χ3v) is 1.72. The van der Waals surface area contributed by atoms with Crippen molar-refractivity contribution in [2.45, 2.75) is 27.7 Å². The van der Waals surface area contributed by atoms with Crippen molar-refractivity contribution in [1.82, 2.24) is 4.90 Å². The Morgan fingerprint density at radius 3 is 2.43 bits per heavy atom. The third-order valence-electron chi connectivity index (χ3n) is 1.72. The number of nitrogens with zero attached hydrogens (tertiary/aromatic N) is 1. The highest BCUT2D eigenvalue weighted by molar-refractivity contribution is 5.81. The maximum atomic E-state index is 11.9. The zero-order valence-corrected chi connectivity index (χ0v) is 9.55. The van der Waals surface area contributed by atoms with E-state index in [-0.39, 0.29) is 11.3 Å². The van der Waals surface area contributed by atoms with Gasteiger partial charge in [-0.3, -0.25) is 4.79 Å². The Labute approximate surface area is 87.0 Å². The first kappa shape index (κ1) is 12.8. The van der Waals surface area contributed by atoms with Crippen LogP contribution in [0.1, 0.15) is 27.7 Å². The van der Waals surface area contributed by atoms with Crippen LogP contribution >= 0.6 is 0 Å². The number of hydrogen-bond donors (Lipinski definition) is 0. The Hall–Kier alpha value is -1.23. The molecule has 0 spiro atoms. The zero-order valence-electron chi connectivity index (χ0n) is 9.55. The molecule has 0 atom stereocenters. The van der Waals surface area contributed by atoms with Crippen LogP contribution in [-0.4, -0.2) is 23.9 Å². The molecule has 2 heteroatoms. The largest absolute Gasteiger partial charge is 0.327 e. The van der Waals surface area contributed by atoms with Crippen molar-refractivity contribution < 1.29 is 4.79 Å². The summed E-state index contributed by atoms with van der Waals surface area (Å²) in [5, 5.41) is 0. The summed E-state index contributed by atoms with van der Waals surface area (Å²) in [5.74, 6) is 5.79. The molecule has 0 radical (unpaired) electrons. The smallest absolute Gasteiger partial charge is 0.229 e. The molecule has 0 aliphatic heterocycles. The summed E-state index contributed by atoms with van der Waals surface area (Å²) in [6.45, 7) is 12.2. The lowest BCUT2D eigenvalue weighted by atomic mass is 9.94. The summed E-state index contributed by atoms with van der Waals surface area (Å²) in [5.41, 5.74) is -0.349. The molecule has 2 nitrogen and oxygen atoms in total. The number of rotatable bonds is 3. The Bertz CT molecular complexity index is 262. The molecule has 0 heterocycles. The zero-order chi connectivity index (χ0) is 11.2. The second kappa shape index (κ2) is 5.49. The minimum absolute atomic E-state index is 0.111. The molecule has 0 N–H and O–H groups in total. The summed E-state index contributed by atoms with van der Waals surface area (Å²) >= 11 is 0. The summed E-state index contributed by atoms with van der Waals surface area (Å²) in [4.78, 5) is 13.6. The molecule has 0 aromatic rings. The van der Waals surface area contributed by atoms with E-state index in [4.69, 9.17) is 0 Å². The summed E-state index contributed by atoms with van der Waals surface area (Å²) < 4.78 is 0. The van der Waals surface area contributed by atoms with Crippen molar-refractivity contribution in [2.75, 3.05) is 13.1 Å². The second-order valence-electron chi connectivity index (χ2n) is 4.15. The monoisotopic (exact) mass is 193 g/mol. The number of hydrogen-bond acceptors (Lipinski definition) is 1. The number of carbonyl (C=O) groups is 1. The predicted octanol–water partition coefficient (Wildman–Crippen LogP) is 2.07. The first-order chi connectivity index (χ1) is 6.43. The predicted molar refractivity (Wildman–Crippen MR) is 59.7 cm³/mol. The van der Waals surface area contributed by atoms with E-state index in [1.807, 2.05) is 20.8 Å². The van der Waals surface area contributed by atoms with Crippen LogP contribution < -0.4 is 0 Å². The topological polar surface area (TPSA) is 20.3 Å². The Kier molecular flexibility index (Phi) is 5.01. The minimum atomic E-state index is -0.349. The van der Waals surface area contributed by atoms with Gasteiger partial charge in [0.15, 0.2) is 0 Å². The molecule has 0 aliphatic carbocycles. The normalized spacial score (nSPS) is 10.0. The van der Waals surface area contributed by atoms with E-state index in [0.29, 0.717) is 13.1 Å². The highest BCUT2D eigenvalue weighted by Crippen LogP contribution is 2.16. The lowest BCUT2D eigenvalue weighted by Gasteiger charge is -2.26. The fourth-order valence-electron chi connectivity index (χ4n) is 1.02. The number of carbonyl (C=O) groups excluding carboxylic acids is 1. The molecule has 0 aliphatic rings. The molecule has 0 aromatic heterocycles. The van der Waals surface area contributed by atoms with E-state index in [1.54, 1.807) is 17.9 Å². The third kappa shape index (κ3) is 4.13. The van der Waals surface area contributed by atoms with Crippen LogP contribution in [0, 0.1) is 17.3 Å². The quantitative estimate of drug-likeness (QED) is 0.496. The summed E-state index contributed by atoms with van der Waals surface area (Å²) in [6, 6.07) is 0. The van der Waals surface area contributed by atoms with Crippen LogP contribution in [-0.2, 0) is 4.79 Å². The van der Waals surface area contributed by atoms with E-state index < -0.39 is 0 Å². The Morgan fingerprint density at radius 1 is 1.50 bits per heavy atom. The first-order valence-corrected chi connectivity index (χ1v) is 4.73. The van der Waals surface area contributed by atoms with Crippen LogP contribution in [0.4, 0.5) is 0 Å². The van der Waals surface area contributed by atoms with E-state index >= 15 is 0 Å². The molecule has 0 rings (SSSR count). The van der Waals surface area contributed by atoms with Gasteiger partial charge in [0.25, 0.3) is 0 Å². The van der Waals surface area contributed by atoms with E-state index in [2.05, 4.69) is 18.4 Å². The number of amides is 1. The van der Waals surface area contributed by atoms with Crippen molar-refractivity contribution in [3.8, 4) is 11.8 Å². The fraction of sp³-hybridized carbons (Fsp3) is 0.583. The van der Waals surface area contributed by atoms with Crippen molar-refractivity contribution in [1.29, 1.82) is 0 Å². The van der Waals surface area contributed by atoms with Crippen molar-refractivity contribution in [3.63, 3.8) is 0 Å². The van der Waals surface area contributed by atoms with Gasteiger partial charge >= 0.3 is 0 Å². The van der Waals surface area contributed by atoms with E-state index in [9.17, 15) is 4.79 Å². The molecule has 14 heavy (non-hydrogen) atoms. The first-order valence-electron chi connectivity index (χ1n) is 4.73. The molecule has 0 saturated carbocycles.